The predicted molar refractivity (Wildman–Crippen MR) is 73.1 cm³/mol. The maximum atomic E-state index is 13.5. The Morgan fingerprint density at radius 2 is 2.37 bits per heavy atom. The SMILES string of the molecule is O=C(NCc1cc(Br)ccc1F)N1CCC[C@H]1CO. The number of likely N-dealkylation sites (tertiary alicyclic amines) is 1. The monoisotopic (exact) mass is 330 g/mol. The number of halogens is 2. The lowest BCUT2D eigenvalue weighted by Crippen LogP contribution is -2.43. The lowest BCUT2D eigenvalue weighted by Gasteiger charge is -2.23. The van der Waals surface area contributed by atoms with Crippen molar-refractivity contribution in [2.45, 2.75) is 25.4 Å². The lowest BCUT2D eigenvalue weighted by atomic mass is 10.2. The van der Waals surface area contributed by atoms with Gasteiger partial charge < -0.3 is 15.3 Å². The Bertz CT molecular complexity index is 470. The summed E-state index contributed by atoms with van der Waals surface area (Å²) in [6.45, 7) is 0.745. The number of carbonyl (C=O) groups excluding carboxylic acids is 1. The fourth-order valence-electron chi connectivity index (χ4n) is 2.24. The molecule has 6 heteroatoms. The van der Waals surface area contributed by atoms with Gasteiger partial charge in [0.1, 0.15) is 5.82 Å². The zero-order valence-electron chi connectivity index (χ0n) is 10.4. The molecule has 0 radical (unpaired) electrons. The van der Waals surface area contributed by atoms with Gasteiger partial charge in [0.15, 0.2) is 0 Å². The molecule has 104 valence electrons. The van der Waals surface area contributed by atoms with Crippen LogP contribution in [0, 0.1) is 5.82 Å². The van der Waals surface area contributed by atoms with Gasteiger partial charge in [0.05, 0.1) is 12.6 Å². The average Bonchev–Trinajstić information content (AvgIpc) is 2.88. The van der Waals surface area contributed by atoms with Crippen molar-refractivity contribution in [2.24, 2.45) is 0 Å². The summed E-state index contributed by atoms with van der Waals surface area (Å²) in [5, 5.41) is 11.9. The van der Waals surface area contributed by atoms with Crippen molar-refractivity contribution >= 4 is 22.0 Å². The van der Waals surface area contributed by atoms with Gasteiger partial charge in [-0.15, -0.1) is 0 Å². The van der Waals surface area contributed by atoms with Crippen LogP contribution in [-0.2, 0) is 6.54 Å². The Labute approximate surface area is 119 Å². The van der Waals surface area contributed by atoms with Crippen LogP contribution >= 0.6 is 15.9 Å². The number of amides is 2. The largest absolute Gasteiger partial charge is 0.394 e. The first-order chi connectivity index (χ1) is 9.11. The summed E-state index contributed by atoms with van der Waals surface area (Å²) in [5.74, 6) is -0.344. The molecule has 0 saturated carbocycles. The third-order valence-electron chi connectivity index (χ3n) is 3.29. The molecule has 2 amide bonds. The summed E-state index contributed by atoms with van der Waals surface area (Å²) >= 11 is 3.27. The highest BCUT2D eigenvalue weighted by atomic mass is 79.9. The van der Waals surface area contributed by atoms with E-state index in [1.807, 2.05) is 0 Å². The molecule has 4 nitrogen and oxygen atoms in total. The average molecular weight is 331 g/mol. The number of nitrogens with one attached hydrogen (secondary N) is 1. The Balaban J connectivity index is 1.95. The van der Waals surface area contributed by atoms with Crippen LogP contribution in [0.3, 0.4) is 0 Å². The second-order valence-corrected chi connectivity index (χ2v) is 5.48. The molecule has 0 bridgehead atoms. The summed E-state index contributed by atoms with van der Waals surface area (Å²) in [7, 11) is 0. The molecular weight excluding hydrogens is 315 g/mol. The van der Waals surface area contributed by atoms with Crippen molar-refractivity contribution < 1.29 is 14.3 Å². The van der Waals surface area contributed by atoms with E-state index < -0.39 is 0 Å². The number of aliphatic hydroxyl groups is 1. The van der Waals surface area contributed by atoms with Crippen LogP contribution in [0.4, 0.5) is 9.18 Å². The number of aliphatic hydroxyl groups excluding tert-OH is 1. The van der Waals surface area contributed by atoms with Gasteiger partial charge in [0.25, 0.3) is 0 Å². The number of carbonyl (C=O) groups is 1. The van der Waals surface area contributed by atoms with E-state index in [4.69, 9.17) is 5.11 Å². The van der Waals surface area contributed by atoms with Gasteiger partial charge >= 0.3 is 6.03 Å². The lowest BCUT2D eigenvalue weighted by molar-refractivity contribution is 0.157. The van der Waals surface area contributed by atoms with Gasteiger partial charge in [-0.25, -0.2) is 9.18 Å². The first-order valence-corrected chi connectivity index (χ1v) is 7.00. The molecule has 1 aromatic rings. The molecule has 1 aliphatic heterocycles. The molecule has 1 aromatic carbocycles. The van der Waals surface area contributed by atoms with Crippen molar-refractivity contribution in [1.82, 2.24) is 10.2 Å². The van der Waals surface area contributed by atoms with E-state index >= 15 is 0 Å². The smallest absolute Gasteiger partial charge is 0.317 e. The first kappa shape index (κ1) is 14.3. The van der Waals surface area contributed by atoms with Crippen LogP contribution < -0.4 is 5.32 Å². The van der Waals surface area contributed by atoms with Gasteiger partial charge in [-0.1, -0.05) is 15.9 Å². The van der Waals surface area contributed by atoms with Gasteiger partial charge in [-0.05, 0) is 31.0 Å². The second-order valence-electron chi connectivity index (χ2n) is 4.57. The molecule has 0 spiro atoms. The maximum absolute atomic E-state index is 13.5. The van der Waals surface area contributed by atoms with Crippen molar-refractivity contribution in [3.63, 3.8) is 0 Å². The molecule has 2 rings (SSSR count). The van der Waals surface area contributed by atoms with E-state index in [0.29, 0.717) is 12.1 Å². The number of hydrogen-bond acceptors (Lipinski definition) is 2. The molecule has 1 atom stereocenters. The minimum Gasteiger partial charge on any atom is -0.394 e. The molecule has 1 saturated heterocycles. The van der Waals surface area contributed by atoms with E-state index in [0.717, 1.165) is 17.3 Å². The number of benzene rings is 1. The molecule has 0 aromatic heterocycles. The standard InChI is InChI=1S/C13H16BrFN2O2/c14-10-3-4-12(15)9(6-10)7-16-13(19)17-5-1-2-11(17)8-18/h3-4,6,11,18H,1-2,5,7-8H2,(H,16,19)/t11-/m0/s1. The topological polar surface area (TPSA) is 52.6 Å². The molecule has 19 heavy (non-hydrogen) atoms. The highest BCUT2D eigenvalue weighted by molar-refractivity contribution is 9.10. The van der Waals surface area contributed by atoms with Crippen LogP contribution in [-0.4, -0.2) is 35.2 Å². The van der Waals surface area contributed by atoms with E-state index in [-0.39, 0.29) is 31.0 Å². The number of urea groups is 1. The van der Waals surface area contributed by atoms with Crippen molar-refractivity contribution in [1.29, 1.82) is 0 Å². The first-order valence-electron chi connectivity index (χ1n) is 6.21. The number of hydrogen-bond donors (Lipinski definition) is 2. The van der Waals surface area contributed by atoms with Gasteiger partial charge in [-0.2, -0.15) is 0 Å². The number of rotatable bonds is 3. The summed E-state index contributed by atoms with van der Waals surface area (Å²) in [6, 6.07) is 4.24. The van der Waals surface area contributed by atoms with E-state index in [9.17, 15) is 9.18 Å². The Kier molecular flexibility index (Phi) is 4.76. The third kappa shape index (κ3) is 3.45. The minimum absolute atomic E-state index is 0.0291. The summed E-state index contributed by atoms with van der Waals surface area (Å²) in [6.07, 6.45) is 1.71. The zero-order valence-corrected chi connectivity index (χ0v) is 12.0. The molecular formula is C13H16BrFN2O2. The predicted octanol–water partition coefficient (Wildman–Crippen LogP) is 2.25. The quantitative estimate of drug-likeness (QED) is 0.893. The molecule has 1 heterocycles. The van der Waals surface area contributed by atoms with Gasteiger partial charge in [-0.3, -0.25) is 0 Å². The summed E-state index contributed by atoms with van der Waals surface area (Å²) < 4.78 is 14.3. The highest BCUT2D eigenvalue weighted by Crippen LogP contribution is 2.18. The van der Waals surface area contributed by atoms with Crippen molar-refractivity contribution in [2.75, 3.05) is 13.2 Å². The summed E-state index contributed by atoms with van der Waals surface area (Å²) in [5.41, 5.74) is 0.433. The van der Waals surface area contributed by atoms with E-state index in [1.165, 1.54) is 6.07 Å². The minimum atomic E-state index is -0.344. The Morgan fingerprint density at radius 1 is 1.58 bits per heavy atom. The zero-order chi connectivity index (χ0) is 13.8. The number of nitrogens with zero attached hydrogens (tertiary/aromatic N) is 1. The van der Waals surface area contributed by atoms with E-state index in [1.54, 1.807) is 17.0 Å². The highest BCUT2D eigenvalue weighted by Gasteiger charge is 2.27. The fourth-order valence-corrected chi connectivity index (χ4v) is 2.65. The van der Waals surface area contributed by atoms with Crippen molar-refractivity contribution in [3.05, 3.63) is 34.1 Å². The van der Waals surface area contributed by atoms with Crippen LogP contribution in [0.2, 0.25) is 0 Å². The normalized spacial score (nSPS) is 18.7. The molecule has 2 N–H and O–H groups in total. The maximum Gasteiger partial charge on any atom is 0.317 e. The molecule has 1 fully saturated rings. The summed E-state index contributed by atoms with van der Waals surface area (Å²) in [4.78, 5) is 13.6. The van der Waals surface area contributed by atoms with Gasteiger partial charge in [0, 0.05) is 23.1 Å². The molecule has 1 aliphatic rings. The third-order valence-corrected chi connectivity index (χ3v) is 3.78. The van der Waals surface area contributed by atoms with Crippen LogP contribution in [0.1, 0.15) is 18.4 Å². The van der Waals surface area contributed by atoms with E-state index in [2.05, 4.69) is 21.2 Å². The molecule has 0 unspecified atom stereocenters. The fraction of sp³-hybridized carbons (Fsp3) is 0.462. The van der Waals surface area contributed by atoms with Crippen molar-refractivity contribution in [3.8, 4) is 0 Å². The molecule has 0 aliphatic carbocycles. The van der Waals surface area contributed by atoms with Gasteiger partial charge in [0.2, 0.25) is 0 Å². The Hall–Kier alpha value is -1.14. The van der Waals surface area contributed by atoms with Crippen LogP contribution in [0.5, 0.6) is 0 Å². The second kappa shape index (κ2) is 6.34. The van der Waals surface area contributed by atoms with Crippen LogP contribution in [0.15, 0.2) is 22.7 Å². The van der Waals surface area contributed by atoms with Crippen LogP contribution in [0.25, 0.3) is 0 Å². The Morgan fingerprint density at radius 3 is 3.11 bits per heavy atom.